The predicted molar refractivity (Wildman–Crippen MR) is 105 cm³/mol. The van der Waals surface area contributed by atoms with Crippen molar-refractivity contribution in [1.82, 2.24) is 5.32 Å². The molecule has 0 heterocycles. The smallest absolute Gasteiger partial charge is 0.407 e. The summed E-state index contributed by atoms with van der Waals surface area (Å²) in [5.74, 6) is 0. The highest BCUT2D eigenvalue weighted by atomic mass is 16.5. The largest absolute Gasteiger partial charge is 0.450 e. The number of alkyl carbamates (subject to hydrolysis) is 1. The Kier molecular flexibility index (Phi) is 19.7. The highest BCUT2D eigenvalue weighted by Crippen LogP contribution is 2.11. The van der Waals surface area contributed by atoms with Crippen molar-refractivity contribution in [3.05, 3.63) is 0 Å². The minimum atomic E-state index is -0.241. The summed E-state index contributed by atoms with van der Waals surface area (Å²) in [6.07, 6.45) is 20.4. The van der Waals surface area contributed by atoms with Gasteiger partial charge in [0.15, 0.2) is 0 Å². The fourth-order valence-electron chi connectivity index (χ4n) is 2.90. The molecule has 0 aliphatic rings. The van der Waals surface area contributed by atoms with Gasteiger partial charge in [0.05, 0.1) is 6.61 Å². The van der Waals surface area contributed by atoms with E-state index in [2.05, 4.69) is 19.2 Å². The summed E-state index contributed by atoms with van der Waals surface area (Å²) in [4.78, 5) is 11.4. The number of hydrogen-bond donors (Lipinski definition) is 1. The van der Waals surface area contributed by atoms with Crippen LogP contribution in [0.5, 0.6) is 0 Å². The molecular weight excluding hydrogens is 298 g/mol. The van der Waals surface area contributed by atoms with Crippen LogP contribution >= 0.6 is 0 Å². The van der Waals surface area contributed by atoms with Crippen molar-refractivity contribution in [2.45, 2.75) is 117 Å². The van der Waals surface area contributed by atoms with Crippen LogP contribution < -0.4 is 5.32 Å². The summed E-state index contributed by atoms with van der Waals surface area (Å²) in [7, 11) is 0. The van der Waals surface area contributed by atoms with E-state index in [0.717, 1.165) is 19.4 Å². The van der Waals surface area contributed by atoms with Gasteiger partial charge in [-0.3, -0.25) is 0 Å². The zero-order chi connectivity index (χ0) is 17.7. The lowest BCUT2D eigenvalue weighted by Gasteiger charge is -2.07. The van der Waals surface area contributed by atoms with E-state index in [1.165, 1.54) is 89.9 Å². The Balaban J connectivity index is 3.10. The first-order valence-corrected chi connectivity index (χ1v) is 10.7. The highest BCUT2D eigenvalue weighted by Gasteiger charge is 2.00. The molecule has 0 radical (unpaired) electrons. The molecular formula is C21H43NO2. The zero-order valence-corrected chi connectivity index (χ0v) is 16.5. The number of unbranched alkanes of at least 4 members (excludes halogenated alkanes) is 14. The van der Waals surface area contributed by atoms with Gasteiger partial charge in [-0.05, 0) is 12.8 Å². The molecule has 0 atom stereocenters. The molecule has 0 saturated heterocycles. The SMILES string of the molecule is CCCCCCCCCCCCCCOC(=O)NCCCCCC. The molecule has 0 aliphatic carbocycles. The topological polar surface area (TPSA) is 38.3 Å². The van der Waals surface area contributed by atoms with Crippen LogP contribution in [-0.4, -0.2) is 19.2 Å². The van der Waals surface area contributed by atoms with Crippen LogP contribution in [0.25, 0.3) is 0 Å². The molecule has 0 aromatic heterocycles. The molecule has 0 fully saturated rings. The molecule has 0 spiro atoms. The lowest BCUT2D eigenvalue weighted by atomic mass is 10.1. The van der Waals surface area contributed by atoms with Crippen LogP contribution in [0, 0.1) is 0 Å². The van der Waals surface area contributed by atoms with E-state index in [9.17, 15) is 4.79 Å². The highest BCUT2D eigenvalue weighted by molar-refractivity contribution is 5.66. The summed E-state index contributed by atoms with van der Waals surface area (Å²) in [5, 5.41) is 2.82. The van der Waals surface area contributed by atoms with Crippen molar-refractivity contribution in [2.75, 3.05) is 13.2 Å². The van der Waals surface area contributed by atoms with Gasteiger partial charge >= 0.3 is 6.09 Å². The van der Waals surface area contributed by atoms with Crippen molar-refractivity contribution in [2.24, 2.45) is 0 Å². The van der Waals surface area contributed by atoms with Crippen LogP contribution in [0.15, 0.2) is 0 Å². The van der Waals surface area contributed by atoms with Crippen molar-refractivity contribution in [3.63, 3.8) is 0 Å². The van der Waals surface area contributed by atoms with Crippen molar-refractivity contribution >= 4 is 6.09 Å². The van der Waals surface area contributed by atoms with E-state index >= 15 is 0 Å². The van der Waals surface area contributed by atoms with Gasteiger partial charge in [-0.2, -0.15) is 0 Å². The normalized spacial score (nSPS) is 10.8. The Bertz CT molecular complexity index is 256. The van der Waals surface area contributed by atoms with Gasteiger partial charge in [-0.1, -0.05) is 104 Å². The Morgan fingerprint density at radius 1 is 0.625 bits per heavy atom. The van der Waals surface area contributed by atoms with Gasteiger partial charge in [0.25, 0.3) is 0 Å². The summed E-state index contributed by atoms with van der Waals surface area (Å²) < 4.78 is 5.19. The van der Waals surface area contributed by atoms with Crippen molar-refractivity contribution in [3.8, 4) is 0 Å². The maximum atomic E-state index is 11.4. The molecule has 1 N–H and O–H groups in total. The van der Waals surface area contributed by atoms with Crippen LogP contribution in [0.4, 0.5) is 4.79 Å². The fraction of sp³-hybridized carbons (Fsp3) is 0.952. The van der Waals surface area contributed by atoms with Gasteiger partial charge in [0, 0.05) is 6.54 Å². The van der Waals surface area contributed by atoms with Crippen LogP contribution in [0.2, 0.25) is 0 Å². The van der Waals surface area contributed by atoms with Crippen LogP contribution in [0.1, 0.15) is 117 Å². The molecule has 0 unspecified atom stereocenters. The van der Waals surface area contributed by atoms with Gasteiger partial charge in [-0.15, -0.1) is 0 Å². The lowest BCUT2D eigenvalue weighted by molar-refractivity contribution is 0.143. The number of hydrogen-bond acceptors (Lipinski definition) is 2. The number of amides is 1. The minimum Gasteiger partial charge on any atom is -0.450 e. The monoisotopic (exact) mass is 341 g/mol. The number of nitrogens with one attached hydrogen (secondary N) is 1. The minimum absolute atomic E-state index is 0.241. The standard InChI is InChI=1S/C21H43NO2/c1-3-5-7-9-10-11-12-13-14-15-16-18-20-24-21(23)22-19-17-8-6-4-2/h3-20H2,1-2H3,(H,22,23). The predicted octanol–water partition coefficient (Wildman–Crippen LogP) is 6.99. The molecule has 0 aromatic carbocycles. The second kappa shape index (κ2) is 20.3. The summed E-state index contributed by atoms with van der Waals surface area (Å²) in [6, 6.07) is 0. The maximum Gasteiger partial charge on any atom is 0.407 e. The number of ether oxygens (including phenoxy) is 1. The third kappa shape index (κ3) is 19.3. The van der Waals surface area contributed by atoms with Gasteiger partial charge in [-0.25, -0.2) is 4.79 Å². The molecule has 3 heteroatoms. The second-order valence-electron chi connectivity index (χ2n) is 7.01. The first kappa shape index (κ1) is 23.3. The molecule has 0 aliphatic heterocycles. The third-order valence-electron chi connectivity index (χ3n) is 4.53. The number of carbonyl (C=O) groups excluding carboxylic acids is 1. The van der Waals surface area contributed by atoms with Gasteiger partial charge in [0.1, 0.15) is 0 Å². The fourth-order valence-corrected chi connectivity index (χ4v) is 2.90. The van der Waals surface area contributed by atoms with E-state index < -0.39 is 0 Å². The Morgan fingerprint density at radius 2 is 1.04 bits per heavy atom. The molecule has 0 bridgehead atoms. The molecule has 144 valence electrons. The summed E-state index contributed by atoms with van der Waals surface area (Å²) >= 11 is 0. The zero-order valence-electron chi connectivity index (χ0n) is 16.5. The first-order chi connectivity index (χ1) is 11.8. The van der Waals surface area contributed by atoms with E-state index in [4.69, 9.17) is 4.74 Å². The van der Waals surface area contributed by atoms with E-state index in [1.807, 2.05) is 0 Å². The van der Waals surface area contributed by atoms with E-state index in [-0.39, 0.29) is 6.09 Å². The maximum absolute atomic E-state index is 11.4. The Morgan fingerprint density at radius 3 is 1.54 bits per heavy atom. The van der Waals surface area contributed by atoms with Crippen LogP contribution in [0.3, 0.4) is 0 Å². The number of carbonyl (C=O) groups is 1. The summed E-state index contributed by atoms with van der Waals surface area (Å²) in [6.45, 7) is 5.78. The van der Waals surface area contributed by atoms with Crippen LogP contribution in [-0.2, 0) is 4.74 Å². The Labute approximate surface area is 151 Å². The van der Waals surface area contributed by atoms with E-state index in [0.29, 0.717) is 6.61 Å². The Hall–Kier alpha value is -0.730. The molecule has 0 saturated carbocycles. The molecule has 1 amide bonds. The van der Waals surface area contributed by atoms with Crippen molar-refractivity contribution in [1.29, 1.82) is 0 Å². The average Bonchev–Trinajstić information content (AvgIpc) is 2.59. The van der Waals surface area contributed by atoms with Gasteiger partial charge in [0.2, 0.25) is 0 Å². The summed E-state index contributed by atoms with van der Waals surface area (Å²) in [5.41, 5.74) is 0. The quantitative estimate of drug-likeness (QED) is 0.273. The van der Waals surface area contributed by atoms with E-state index in [1.54, 1.807) is 0 Å². The molecule has 3 nitrogen and oxygen atoms in total. The molecule has 24 heavy (non-hydrogen) atoms. The average molecular weight is 342 g/mol. The molecule has 0 aromatic rings. The van der Waals surface area contributed by atoms with Gasteiger partial charge < -0.3 is 10.1 Å². The third-order valence-corrected chi connectivity index (χ3v) is 4.53. The second-order valence-corrected chi connectivity index (χ2v) is 7.01. The molecule has 0 rings (SSSR count). The lowest BCUT2D eigenvalue weighted by Crippen LogP contribution is -2.25. The van der Waals surface area contributed by atoms with Crippen molar-refractivity contribution < 1.29 is 9.53 Å². The number of rotatable bonds is 18. The first-order valence-electron chi connectivity index (χ1n) is 10.7.